The Morgan fingerprint density at radius 2 is 1.76 bits per heavy atom. The van der Waals surface area contributed by atoms with Gasteiger partial charge in [-0.1, -0.05) is 0 Å². The number of aromatic nitrogens is 3. The first-order valence-electron chi connectivity index (χ1n) is 9.12. The number of rotatable bonds is 5. The van der Waals surface area contributed by atoms with E-state index in [2.05, 4.69) is 20.3 Å². The average Bonchev–Trinajstić information content (AvgIpc) is 3.51. The predicted molar refractivity (Wildman–Crippen MR) is 99.0 cm³/mol. The van der Waals surface area contributed by atoms with Gasteiger partial charge in [0.2, 0.25) is 11.8 Å². The average molecular weight is 409 g/mol. The number of halogens is 3. The lowest BCUT2D eigenvalue weighted by atomic mass is 10.2. The van der Waals surface area contributed by atoms with Crippen LogP contribution in [0, 0.1) is 10.1 Å². The van der Waals surface area contributed by atoms with Crippen molar-refractivity contribution >= 4 is 23.3 Å². The summed E-state index contributed by atoms with van der Waals surface area (Å²) in [5.74, 6) is 1.08. The Bertz CT molecular complexity index is 895. The first-order chi connectivity index (χ1) is 13.8. The van der Waals surface area contributed by atoms with Crippen molar-refractivity contribution in [2.24, 2.45) is 0 Å². The van der Waals surface area contributed by atoms with Crippen LogP contribution in [0.1, 0.15) is 18.4 Å². The molecule has 0 atom stereocenters. The van der Waals surface area contributed by atoms with Crippen LogP contribution in [0.3, 0.4) is 0 Å². The quantitative estimate of drug-likeness (QED) is 0.594. The van der Waals surface area contributed by atoms with Gasteiger partial charge in [0.1, 0.15) is 12.0 Å². The van der Waals surface area contributed by atoms with E-state index in [0.717, 1.165) is 25.1 Å². The highest BCUT2D eigenvalue weighted by molar-refractivity contribution is 5.58. The Balaban J connectivity index is 1.43. The molecule has 1 aliphatic carbocycles. The Kier molecular flexibility index (Phi) is 4.84. The van der Waals surface area contributed by atoms with Gasteiger partial charge in [0.25, 0.3) is 0 Å². The Morgan fingerprint density at radius 3 is 2.31 bits per heavy atom. The molecule has 1 saturated heterocycles. The standard InChI is InChI=1S/C17H18F3N7O2/c18-17(19,20)11-1-4-14(21-9-11)25-5-7-26(8-6-25)16-22-10-13(27(28)29)15(24-16)23-12-2-3-12/h1,4,9-10,12H,2-3,5-8H2,(H,22,23,24). The van der Waals surface area contributed by atoms with Crippen LogP contribution in [0.15, 0.2) is 24.5 Å². The number of anilines is 3. The van der Waals surface area contributed by atoms with Gasteiger partial charge in [0.05, 0.1) is 10.5 Å². The van der Waals surface area contributed by atoms with Gasteiger partial charge in [-0.05, 0) is 25.0 Å². The van der Waals surface area contributed by atoms with Crippen LogP contribution in [-0.4, -0.2) is 52.1 Å². The molecule has 0 radical (unpaired) electrons. The molecule has 2 aromatic heterocycles. The van der Waals surface area contributed by atoms with E-state index in [4.69, 9.17) is 0 Å². The van der Waals surface area contributed by atoms with E-state index < -0.39 is 16.7 Å². The number of alkyl halides is 3. The highest BCUT2D eigenvalue weighted by Gasteiger charge is 2.31. The zero-order valence-corrected chi connectivity index (χ0v) is 15.3. The molecule has 154 valence electrons. The number of nitro groups is 1. The Labute approximate surface area is 163 Å². The van der Waals surface area contributed by atoms with E-state index in [9.17, 15) is 23.3 Å². The van der Waals surface area contributed by atoms with Gasteiger partial charge in [-0.3, -0.25) is 10.1 Å². The van der Waals surface area contributed by atoms with Crippen molar-refractivity contribution in [3.8, 4) is 0 Å². The van der Waals surface area contributed by atoms with Gasteiger partial charge in [-0.2, -0.15) is 18.2 Å². The summed E-state index contributed by atoms with van der Waals surface area (Å²) in [6.07, 6.45) is -0.470. The van der Waals surface area contributed by atoms with Crippen molar-refractivity contribution in [1.82, 2.24) is 15.0 Å². The van der Waals surface area contributed by atoms with Crippen molar-refractivity contribution in [1.29, 1.82) is 0 Å². The van der Waals surface area contributed by atoms with E-state index in [0.29, 0.717) is 37.9 Å². The van der Waals surface area contributed by atoms with E-state index in [1.54, 1.807) is 0 Å². The summed E-state index contributed by atoms with van der Waals surface area (Å²) in [6.45, 7) is 2.07. The van der Waals surface area contributed by atoms with E-state index in [-0.39, 0.29) is 17.5 Å². The van der Waals surface area contributed by atoms with Crippen molar-refractivity contribution in [3.63, 3.8) is 0 Å². The Hall–Kier alpha value is -3.18. The molecule has 3 heterocycles. The SMILES string of the molecule is O=[N+]([O-])c1cnc(N2CCN(c3ccc(C(F)(F)F)cn3)CC2)nc1NC1CC1. The van der Waals surface area contributed by atoms with Crippen LogP contribution in [0.2, 0.25) is 0 Å². The lowest BCUT2D eigenvalue weighted by molar-refractivity contribution is -0.384. The maximum absolute atomic E-state index is 12.7. The second-order valence-electron chi connectivity index (χ2n) is 6.96. The molecule has 1 saturated carbocycles. The molecule has 9 nitrogen and oxygen atoms in total. The second kappa shape index (κ2) is 7.33. The molecule has 2 aromatic rings. The molecular formula is C17H18F3N7O2. The number of nitrogens with one attached hydrogen (secondary N) is 1. The summed E-state index contributed by atoms with van der Waals surface area (Å²) in [5.41, 5.74) is -0.942. The molecule has 4 rings (SSSR count). The number of pyridine rings is 1. The molecule has 29 heavy (non-hydrogen) atoms. The summed E-state index contributed by atoms with van der Waals surface area (Å²) in [6, 6.07) is 2.58. The summed E-state index contributed by atoms with van der Waals surface area (Å²) in [5, 5.41) is 14.3. The summed E-state index contributed by atoms with van der Waals surface area (Å²) < 4.78 is 38.0. The van der Waals surface area contributed by atoms with E-state index in [1.165, 1.54) is 12.3 Å². The van der Waals surface area contributed by atoms with Crippen molar-refractivity contribution < 1.29 is 18.1 Å². The van der Waals surface area contributed by atoms with Crippen LogP contribution in [0.4, 0.5) is 36.4 Å². The topological polar surface area (TPSA) is 100 Å². The minimum atomic E-state index is -4.41. The van der Waals surface area contributed by atoms with E-state index in [1.807, 2.05) is 9.80 Å². The van der Waals surface area contributed by atoms with Crippen molar-refractivity contribution in [3.05, 3.63) is 40.2 Å². The third-order valence-corrected chi connectivity index (χ3v) is 4.83. The number of nitrogens with zero attached hydrogens (tertiary/aromatic N) is 6. The normalized spacial score (nSPS) is 17.3. The van der Waals surface area contributed by atoms with Gasteiger partial charge < -0.3 is 15.1 Å². The third kappa shape index (κ3) is 4.30. The maximum Gasteiger partial charge on any atom is 0.417 e. The molecule has 0 spiro atoms. The lowest BCUT2D eigenvalue weighted by Crippen LogP contribution is -2.47. The fourth-order valence-electron chi connectivity index (χ4n) is 3.06. The first-order valence-corrected chi connectivity index (χ1v) is 9.12. The van der Waals surface area contributed by atoms with Gasteiger partial charge in [-0.15, -0.1) is 0 Å². The first kappa shape index (κ1) is 19.2. The zero-order chi connectivity index (χ0) is 20.6. The Morgan fingerprint density at radius 1 is 1.07 bits per heavy atom. The smallest absolute Gasteiger partial charge is 0.361 e. The highest BCUT2D eigenvalue weighted by atomic mass is 19.4. The van der Waals surface area contributed by atoms with Gasteiger partial charge in [-0.25, -0.2) is 9.97 Å². The van der Waals surface area contributed by atoms with Crippen LogP contribution in [0.25, 0.3) is 0 Å². The predicted octanol–water partition coefficient (Wildman–Crippen LogP) is 2.70. The van der Waals surface area contributed by atoms with Gasteiger partial charge >= 0.3 is 11.9 Å². The largest absolute Gasteiger partial charge is 0.417 e. The summed E-state index contributed by atoms with van der Waals surface area (Å²) in [7, 11) is 0. The summed E-state index contributed by atoms with van der Waals surface area (Å²) in [4.78, 5) is 26.8. The maximum atomic E-state index is 12.7. The molecule has 0 bridgehead atoms. The molecule has 1 aliphatic heterocycles. The fraction of sp³-hybridized carbons (Fsp3) is 0.471. The molecule has 1 N–H and O–H groups in total. The minimum absolute atomic E-state index is 0.159. The van der Waals surface area contributed by atoms with Crippen LogP contribution in [0.5, 0.6) is 0 Å². The highest BCUT2D eigenvalue weighted by Crippen LogP contribution is 2.31. The van der Waals surface area contributed by atoms with Crippen molar-refractivity contribution in [2.75, 3.05) is 41.3 Å². The van der Waals surface area contributed by atoms with Crippen molar-refractivity contribution in [2.45, 2.75) is 25.1 Å². The van der Waals surface area contributed by atoms with Crippen LogP contribution >= 0.6 is 0 Å². The van der Waals surface area contributed by atoms with Gasteiger partial charge in [0, 0.05) is 38.4 Å². The summed E-state index contributed by atoms with van der Waals surface area (Å²) >= 11 is 0. The molecule has 0 aromatic carbocycles. The second-order valence-corrected chi connectivity index (χ2v) is 6.96. The minimum Gasteiger partial charge on any atom is -0.361 e. The molecule has 12 heteroatoms. The van der Waals surface area contributed by atoms with Crippen LogP contribution in [-0.2, 0) is 6.18 Å². The monoisotopic (exact) mass is 409 g/mol. The number of hydrogen-bond acceptors (Lipinski definition) is 8. The zero-order valence-electron chi connectivity index (χ0n) is 15.3. The fourth-order valence-corrected chi connectivity index (χ4v) is 3.06. The van der Waals surface area contributed by atoms with E-state index >= 15 is 0 Å². The number of hydrogen-bond donors (Lipinski definition) is 1. The third-order valence-electron chi connectivity index (χ3n) is 4.83. The van der Waals surface area contributed by atoms with Gasteiger partial charge in [0.15, 0.2) is 0 Å². The lowest BCUT2D eigenvalue weighted by Gasteiger charge is -2.35. The number of piperazine rings is 1. The molecule has 2 fully saturated rings. The van der Waals surface area contributed by atoms with Crippen LogP contribution < -0.4 is 15.1 Å². The molecular weight excluding hydrogens is 391 g/mol. The molecule has 0 unspecified atom stereocenters. The molecule has 2 aliphatic rings. The molecule has 0 amide bonds.